The molecule has 0 bridgehead atoms. The quantitative estimate of drug-likeness (QED) is 0.527. The summed E-state index contributed by atoms with van der Waals surface area (Å²) in [6.07, 6.45) is 4.04. The maximum atomic E-state index is 15.2. The van der Waals surface area contributed by atoms with Gasteiger partial charge in [0.15, 0.2) is 0 Å². The molecule has 3 amide bonds. The lowest BCUT2D eigenvalue weighted by atomic mass is 9.72. The van der Waals surface area contributed by atoms with E-state index in [1.807, 2.05) is 6.07 Å². The van der Waals surface area contributed by atoms with Crippen molar-refractivity contribution in [2.75, 3.05) is 33.3 Å². The van der Waals surface area contributed by atoms with Crippen molar-refractivity contribution < 1.29 is 23.1 Å². The second kappa shape index (κ2) is 9.75. The van der Waals surface area contributed by atoms with Gasteiger partial charge < -0.3 is 25.2 Å². The smallest absolute Gasteiger partial charge is 0.318 e. The van der Waals surface area contributed by atoms with Crippen LogP contribution in [0.3, 0.4) is 0 Å². The summed E-state index contributed by atoms with van der Waals surface area (Å²) in [7, 11) is 1.42. The number of hydrogen-bond acceptors (Lipinski definition) is 5. The Labute approximate surface area is 216 Å². The van der Waals surface area contributed by atoms with Gasteiger partial charge in [0.05, 0.1) is 13.2 Å². The summed E-state index contributed by atoms with van der Waals surface area (Å²) in [5, 5.41) is 14.5. The molecule has 2 heterocycles. The van der Waals surface area contributed by atoms with E-state index in [-0.39, 0.29) is 5.41 Å². The highest BCUT2D eigenvalue weighted by Gasteiger charge is 2.50. The highest BCUT2D eigenvalue weighted by Crippen LogP contribution is 2.43. The second-order valence-corrected chi connectivity index (χ2v) is 11.4. The van der Waals surface area contributed by atoms with Crippen LogP contribution in [0.5, 0.6) is 5.75 Å². The number of nitrogens with one attached hydrogen (secondary N) is 2. The molecule has 0 unspecified atom stereocenters. The average molecular weight is 516 g/mol. The van der Waals surface area contributed by atoms with Crippen LogP contribution in [0.15, 0.2) is 24.3 Å². The lowest BCUT2D eigenvalue weighted by Crippen LogP contribution is -2.65. The Morgan fingerprint density at radius 2 is 1.86 bits per heavy atom. The van der Waals surface area contributed by atoms with Crippen LogP contribution in [0.1, 0.15) is 50.5 Å². The number of carbonyl (C=O) groups is 2. The summed E-state index contributed by atoms with van der Waals surface area (Å²) in [6, 6.07) is 7.32. The third-order valence-electron chi connectivity index (χ3n) is 8.35. The molecule has 2 N–H and O–H groups in total. The van der Waals surface area contributed by atoms with Gasteiger partial charge in [-0.2, -0.15) is 5.26 Å². The van der Waals surface area contributed by atoms with E-state index in [1.54, 1.807) is 29.2 Å². The van der Waals surface area contributed by atoms with Gasteiger partial charge in [0.1, 0.15) is 17.3 Å². The molecule has 1 aromatic carbocycles. The van der Waals surface area contributed by atoms with Gasteiger partial charge in [-0.15, -0.1) is 0 Å². The van der Waals surface area contributed by atoms with E-state index in [0.29, 0.717) is 37.2 Å². The number of urea groups is 1. The molecule has 2 aliphatic heterocycles. The van der Waals surface area contributed by atoms with Gasteiger partial charge in [0, 0.05) is 43.0 Å². The number of carbonyl (C=O) groups excluding carboxylic acids is 2. The largest absolute Gasteiger partial charge is 0.496 e. The van der Waals surface area contributed by atoms with Crippen LogP contribution in [-0.4, -0.2) is 78.6 Å². The molecule has 5 rings (SSSR count). The number of benzene rings is 1. The SMILES string of the molecule is COc1ccccc1CC(F)(F)C[C@H](NC(=O)N1CC2(CCN(C3CC3)CC2)C1)C(=O)NC1(C#N)CC1. The molecular formula is C27H35F2N5O3. The van der Waals surface area contributed by atoms with Crippen molar-refractivity contribution in [1.82, 2.24) is 20.4 Å². The van der Waals surface area contributed by atoms with E-state index in [1.165, 1.54) is 20.0 Å². The summed E-state index contributed by atoms with van der Waals surface area (Å²) < 4.78 is 35.7. The van der Waals surface area contributed by atoms with Gasteiger partial charge in [-0.05, 0) is 57.7 Å². The third kappa shape index (κ3) is 5.82. The van der Waals surface area contributed by atoms with Crippen LogP contribution < -0.4 is 15.4 Å². The van der Waals surface area contributed by atoms with Crippen molar-refractivity contribution in [3.63, 3.8) is 0 Å². The summed E-state index contributed by atoms with van der Waals surface area (Å²) in [4.78, 5) is 30.2. The number of ether oxygens (including phenoxy) is 1. The Morgan fingerprint density at radius 3 is 2.46 bits per heavy atom. The molecule has 8 nitrogen and oxygen atoms in total. The molecule has 200 valence electrons. The number of nitriles is 1. The first-order valence-electron chi connectivity index (χ1n) is 13.2. The van der Waals surface area contributed by atoms with Crippen LogP contribution in [-0.2, 0) is 11.2 Å². The summed E-state index contributed by atoms with van der Waals surface area (Å²) in [5.74, 6) is -3.70. The van der Waals surface area contributed by atoms with Crippen LogP contribution in [0.25, 0.3) is 0 Å². The van der Waals surface area contributed by atoms with E-state index in [4.69, 9.17) is 4.74 Å². The summed E-state index contributed by atoms with van der Waals surface area (Å²) >= 11 is 0. The van der Waals surface area contributed by atoms with Crippen LogP contribution in [0.4, 0.5) is 13.6 Å². The molecule has 0 radical (unpaired) electrons. The Hall–Kier alpha value is -2.93. The molecule has 1 aromatic rings. The fourth-order valence-electron chi connectivity index (χ4n) is 5.69. The molecule has 0 aromatic heterocycles. The summed E-state index contributed by atoms with van der Waals surface area (Å²) in [6.45, 7) is 3.23. The van der Waals surface area contributed by atoms with Crippen molar-refractivity contribution in [1.29, 1.82) is 5.26 Å². The van der Waals surface area contributed by atoms with E-state index in [0.717, 1.165) is 32.0 Å². The topological polar surface area (TPSA) is 97.7 Å². The maximum Gasteiger partial charge on any atom is 0.318 e. The maximum absolute atomic E-state index is 15.2. The molecule has 2 saturated heterocycles. The van der Waals surface area contributed by atoms with Crippen LogP contribution >= 0.6 is 0 Å². The monoisotopic (exact) mass is 515 g/mol. The normalized spacial score (nSPS) is 22.9. The highest BCUT2D eigenvalue weighted by molar-refractivity contribution is 5.88. The number of methoxy groups -OCH3 is 1. The number of nitrogens with zero attached hydrogens (tertiary/aromatic N) is 3. The number of amides is 3. The zero-order valence-corrected chi connectivity index (χ0v) is 21.3. The standard InChI is InChI=1S/C27H35F2N5O3/c1-37-22-5-3-2-4-19(22)14-27(28,29)15-21(23(35)32-26(16-30)8-9-26)31-24(36)34-17-25(18-34)10-12-33(13-11-25)20-6-7-20/h2-5,20-21H,6-15,17-18H2,1H3,(H,31,36)(H,32,35)/t21-/m0/s1. The average Bonchev–Trinajstić information content (AvgIpc) is 3.78. The number of piperidine rings is 1. The Balaban J connectivity index is 1.22. The Kier molecular flexibility index (Phi) is 6.77. The van der Waals surface area contributed by atoms with Crippen molar-refractivity contribution >= 4 is 11.9 Å². The molecular weight excluding hydrogens is 480 g/mol. The first-order chi connectivity index (χ1) is 17.7. The number of likely N-dealkylation sites (tertiary alicyclic amines) is 2. The number of halogens is 2. The molecule has 10 heteroatoms. The number of para-hydroxylation sites is 1. The molecule has 2 saturated carbocycles. The van der Waals surface area contributed by atoms with Crippen molar-refractivity contribution in [2.24, 2.45) is 5.41 Å². The Bertz CT molecular complexity index is 1070. The lowest BCUT2D eigenvalue weighted by molar-refractivity contribution is -0.126. The van der Waals surface area contributed by atoms with Crippen molar-refractivity contribution in [2.45, 2.75) is 74.9 Å². The predicted molar refractivity (Wildman–Crippen MR) is 132 cm³/mol. The van der Waals surface area contributed by atoms with E-state index in [2.05, 4.69) is 15.5 Å². The van der Waals surface area contributed by atoms with Gasteiger partial charge in [0.25, 0.3) is 5.92 Å². The number of hydrogen-bond donors (Lipinski definition) is 2. The molecule has 2 aliphatic carbocycles. The van der Waals surface area contributed by atoms with Crippen molar-refractivity contribution in [3.8, 4) is 11.8 Å². The molecule has 1 atom stereocenters. The van der Waals surface area contributed by atoms with E-state index in [9.17, 15) is 14.9 Å². The molecule has 37 heavy (non-hydrogen) atoms. The molecule has 1 spiro atoms. The lowest BCUT2D eigenvalue weighted by Gasteiger charge is -2.54. The second-order valence-electron chi connectivity index (χ2n) is 11.4. The first kappa shape index (κ1) is 25.7. The highest BCUT2D eigenvalue weighted by atomic mass is 19.3. The minimum Gasteiger partial charge on any atom is -0.496 e. The molecule has 4 fully saturated rings. The first-order valence-corrected chi connectivity index (χ1v) is 13.2. The van der Waals surface area contributed by atoms with Crippen molar-refractivity contribution in [3.05, 3.63) is 29.8 Å². The fraction of sp³-hybridized carbons (Fsp3) is 0.667. The zero-order chi connectivity index (χ0) is 26.3. The van der Waals surface area contributed by atoms with E-state index >= 15 is 8.78 Å². The third-order valence-corrected chi connectivity index (χ3v) is 8.35. The summed E-state index contributed by atoms with van der Waals surface area (Å²) in [5.41, 5.74) is -0.611. The zero-order valence-electron chi connectivity index (χ0n) is 21.3. The van der Waals surface area contributed by atoms with Gasteiger partial charge in [0.2, 0.25) is 5.91 Å². The Morgan fingerprint density at radius 1 is 1.19 bits per heavy atom. The van der Waals surface area contributed by atoms with Gasteiger partial charge in [-0.25, -0.2) is 13.6 Å². The van der Waals surface area contributed by atoms with Crippen LogP contribution in [0.2, 0.25) is 0 Å². The minimum atomic E-state index is -3.29. The fourth-order valence-corrected chi connectivity index (χ4v) is 5.69. The van der Waals surface area contributed by atoms with Gasteiger partial charge in [-0.1, -0.05) is 18.2 Å². The predicted octanol–water partition coefficient (Wildman–Crippen LogP) is 3.07. The van der Waals surface area contributed by atoms with E-state index < -0.39 is 42.3 Å². The van der Waals surface area contributed by atoms with Crippen LogP contribution in [0, 0.1) is 16.7 Å². The van der Waals surface area contributed by atoms with Gasteiger partial charge >= 0.3 is 6.03 Å². The minimum absolute atomic E-state index is 0.0904. The number of rotatable bonds is 9. The van der Waals surface area contributed by atoms with Gasteiger partial charge in [-0.3, -0.25) is 4.79 Å². The number of alkyl halides is 2. The molecule has 4 aliphatic rings.